The molecule has 0 radical (unpaired) electrons. The van der Waals surface area contributed by atoms with Crippen LogP contribution in [0, 0.1) is 6.92 Å². The Morgan fingerprint density at radius 2 is 2.07 bits per heavy atom. The van der Waals surface area contributed by atoms with Crippen LogP contribution in [0.5, 0.6) is 0 Å². The molecule has 0 atom stereocenters. The topological polar surface area (TPSA) is 16.6 Å². The Labute approximate surface area is 95.1 Å². The van der Waals surface area contributed by atoms with Gasteiger partial charge in [0.05, 0.1) is 4.91 Å². The van der Waals surface area contributed by atoms with E-state index in [1.165, 1.54) is 30.9 Å². The first-order valence-corrected chi connectivity index (χ1v) is 7.43. The number of fused-ring (bicyclic) bond motifs is 2. The molecular formula is C10H10NS3+. The van der Waals surface area contributed by atoms with Crippen molar-refractivity contribution < 1.29 is 5.32 Å². The first-order chi connectivity index (χ1) is 6.74. The Hall–Kier alpha value is -0.160. The van der Waals surface area contributed by atoms with Gasteiger partial charge >= 0.3 is 0 Å². The Bertz CT molecular complexity index is 468. The average Bonchev–Trinajstić information content (AvgIpc) is 2.65. The van der Waals surface area contributed by atoms with Crippen molar-refractivity contribution in [3.8, 4) is 0 Å². The van der Waals surface area contributed by atoms with E-state index in [9.17, 15) is 0 Å². The molecule has 14 heavy (non-hydrogen) atoms. The summed E-state index contributed by atoms with van der Waals surface area (Å²) in [7, 11) is 3.78. The SMILES string of the molecule is CC1=CC2=C([NH2+]1)c1sc(C)cc1SS2. The van der Waals surface area contributed by atoms with Crippen molar-refractivity contribution in [1.82, 2.24) is 0 Å². The summed E-state index contributed by atoms with van der Waals surface area (Å²) >= 11 is 1.91. The molecule has 0 amide bonds. The summed E-state index contributed by atoms with van der Waals surface area (Å²) in [6, 6.07) is 2.29. The number of allylic oxidation sites excluding steroid dienone is 2. The van der Waals surface area contributed by atoms with Crippen molar-refractivity contribution in [1.29, 1.82) is 0 Å². The molecule has 1 aromatic heterocycles. The number of aryl methyl sites for hydroxylation is 1. The van der Waals surface area contributed by atoms with Crippen LogP contribution in [0.4, 0.5) is 0 Å². The normalized spacial score (nSPS) is 19.4. The van der Waals surface area contributed by atoms with Crippen molar-refractivity contribution in [3.05, 3.63) is 32.5 Å². The van der Waals surface area contributed by atoms with Crippen molar-refractivity contribution in [2.45, 2.75) is 18.7 Å². The van der Waals surface area contributed by atoms with Crippen molar-refractivity contribution in [2.24, 2.45) is 0 Å². The maximum Gasteiger partial charge on any atom is 0.167 e. The maximum absolute atomic E-state index is 2.30. The van der Waals surface area contributed by atoms with Gasteiger partial charge in [-0.3, -0.25) is 5.32 Å². The highest BCUT2D eigenvalue weighted by Gasteiger charge is 2.29. The Kier molecular flexibility index (Phi) is 2.06. The average molecular weight is 240 g/mol. The maximum atomic E-state index is 2.30. The lowest BCUT2D eigenvalue weighted by atomic mass is 10.3. The summed E-state index contributed by atoms with van der Waals surface area (Å²) < 4.78 is 0. The molecule has 0 saturated heterocycles. The van der Waals surface area contributed by atoms with Crippen LogP contribution in [-0.4, -0.2) is 0 Å². The second-order valence-corrected chi connectivity index (χ2v) is 7.00. The number of rotatable bonds is 0. The Balaban J connectivity index is 2.14. The van der Waals surface area contributed by atoms with Gasteiger partial charge in [-0.05, 0) is 23.8 Å². The summed E-state index contributed by atoms with van der Waals surface area (Å²) in [5.74, 6) is 0. The van der Waals surface area contributed by atoms with E-state index in [1.54, 1.807) is 0 Å². The zero-order valence-corrected chi connectivity index (χ0v) is 10.4. The van der Waals surface area contributed by atoms with Crippen LogP contribution >= 0.6 is 32.9 Å². The fraction of sp³-hybridized carbons (Fsp3) is 0.200. The highest BCUT2D eigenvalue weighted by Crippen LogP contribution is 2.50. The van der Waals surface area contributed by atoms with Crippen LogP contribution in [0.2, 0.25) is 0 Å². The van der Waals surface area contributed by atoms with Crippen LogP contribution in [0.1, 0.15) is 16.7 Å². The predicted molar refractivity (Wildman–Crippen MR) is 65.1 cm³/mol. The third kappa shape index (κ3) is 1.29. The molecule has 0 aromatic carbocycles. The highest BCUT2D eigenvalue weighted by molar-refractivity contribution is 8.78. The third-order valence-electron chi connectivity index (χ3n) is 2.28. The van der Waals surface area contributed by atoms with Gasteiger partial charge in [0.1, 0.15) is 10.6 Å². The Morgan fingerprint density at radius 1 is 1.21 bits per heavy atom. The number of hydrogen-bond acceptors (Lipinski definition) is 3. The van der Waals surface area contributed by atoms with E-state index < -0.39 is 0 Å². The molecular weight excluding hydrogens is 230 g/mol. The third-order valence-corrected chi connectivity index (χ3v) is 5.93. The van der Waals surface area contributed by atoms with Crippen LogP contribution < -0.4 is 5.32 Å². The fourth-order valence-corrected chi connectivity index (χ4v) is 5.61. The van der Waals surface area contributed by atoms with E-state index in [2.05, 4.69) is 31.3 Å². The number of thiophene rings is 1. The molecule has 0 bridgehead atoms. The molecule has 0 fully saturated rings. The van der Waals surface area contributed by atoms with Crippen molar-refractivity contribution in [3.63, 3.8) is 0 Å². The lowest BCUT2D eigenvalue weighted by Crippen LogP contribution is -2.76. The summed E-state index contributed by atoms with van der Waals surface area (Å²) in [6.45, 7) is 4.35. The minimum Gasteiger partial charge on any atom is -0.283 e. The first-order valence-electron chi connectivity index (χ1n) is 4.47. The zero-order chi connectivity index (χ0) is 9.71. The van der Waals surface area contributed by atoms with E-state index >= 15 is 0 Å². The van der Waals surface area contributed by atoms with Gasteiger partial charge in [-0.15, -0.1) is 11.3 Å². The van der Waals surface area contributed by atoms with Gasteiger partial charge in [0, 0.05) is 22.8 Å². The van der Waals surface area contributed by atoms with Gasteiger partial charge < -0.3 is 0 Å². The molecule has 1 nitrogen and oxygen atoms in total. The van der Waals surface area contributed by atoms with E-state index in [-0.39, 0.29) is 0 Å². The van der Waals surface area contributed by atoms with Crippen LogP contribution in [0.25, 0.3) is 5.70 Å². The van der Waals surface area contributed by atoms with E-state index in [1.807, 2.05) is 32.9 Å². The molecule has 72 valence electrons. The molecule has 1 aromatic rings. The first kappa shape index (κ1) is 9.09. The minimum absolute atomic E-state index is 1.38. The van der Waals surface area contributed by atoms with Crippen LogP contribution in [-0.2, 0) is 0 Å². The van der Waals surface area contributed by atoms with Crippen LogP contribution in [0.15, 0.2) is 27.6 Å². The van der Waals surface area contributed by atoms with E-state index in [4.69, 9.17) is 0 Å². The summed E-state index contributed by atoms with van der Waals surface area (Å²) in [5.41, 5.74) is 2.82. The fourth-order valence-electron chi connectivity index (χ4n) is 1.70. The Morgan fingerprint density at radius 3 is 2.93 bits per heavy atom. The zero-order valence-electron chi connectivity index (χ0n) is 7.96. The predicted octanol–water partition coefficient (Wildman–Crippen LogP) is 2.96. The van der Waals surface area contributed by atoms with E-state index in [0.29, 0.717) is 0 Å². The van der Waals surface area contributed by atoms with Gasteiger partial charge in [-0.1, -0.05) is 10.8 Å². The van der Waals surface area contributed by atoms with Gasteiger partial charge in [0.25, 0.3) is 0 Å². The molecule has 0 spiro atoms. The molecule has 0 unspecified atom stereocenters. The molecule has 0 saturated carbocycles. The van der Waals surface area contributed by atoms with E-state index in [0.717, 1.165) is 0 Å². The molecule has 2 aliphatic rings. The van der Waals surface area contributed by atoms with Gasteiger partial charge in [-0.25, -0.2) is 0 Å². The largest absolute Gasteiger partial charge is 0.283 e. The second kappa shape index (κ2) is 3.17. The smallest absolute Gasteiger partial charge is 0.167 e. The minimum atomic E-state index is 1.38. The molecule has 3 rings (SSSR count). The number of hydrogen-bond donors (Lipinski definition) is 1. The molecule has 2 aliphatic heterocycles. The second-order valence-electron chi connectivity index (χ2n) is 3.53. The summed E-state index contributed by atoms with van der Waals surface area (Å²) in [4.78, 5) is 5.75. The van der Waals surface area contributed by atoms with Crippen LogP contribution in [0.3, 0.4) is 0 Å². The molecule has 0 aliphatic carbocycles. The summed E-state index contributed by atoms with van der Waals surface area (Å²) in [6.07, 6.45) is 2.28. The van der Waals surface area contributed by atoms with Gasteiger partial charge in [0.2, 0.25) is 0 Å². The number of quaternary nitrogens is 1. The monoisotopic (exact) mass is 240 g/mol. The highest BCUT2D eigenvalue weighted by atomic mass is 33.1. The molecule has 2 N–H and O–H groups in total. The lowest BCUT2D eigenvalue weighted by Gasteiger charge is -2.08. The van der Waals surface area contributed by atoms with Crippen molar-refractivity contribution in [2.75, 3.05) is 0 Å². The lowest BCUT2D eigenvalue weighted by molar-refractivity contribution is -0.504. The van der Waals surface area contributed by atoms with Gasteiger partial charge in [-0.2, -0.15) is 0 Å². The van der Waals surface area contributed by atoms with Crippen molar-refractivity contribution >= 4 is 38.6 Å². The molecule has 3 heterocycles. The standard InChI is InChI=1S/C10H9NS3/c1-5-3-7-9(11-5)10-8(14-13-7)4-6(2)12-10/h3-4,11H,1-2H3/p+1. The number of nitrogens with two attached hydrogens (primary N) is 1. The summed E-state index contributed by atoms with van der Waals surface area (Å²) in [5, 5.41) is 2.30. The quantitative estimate of drug-likeness (QED) is 0.702. The molecule has 4 heteroatoms. The van der Waals surface area contributed by atoms with Gasteiger partial charge in [0.15, 0.2) is 5.70 Å².